The molecular weight excluding hydrogens is 446 g/mol. The van der Waals surface area contributed by atoms with Gasteiger partial charge in [0.25, 0.3) is 5.91 Å². The van der Waals surface area contributed by atoms with Crippen molar-refractivity contribution in [1.29, 1.82) is 0 Å². The van der Waals surface area contributed by atoms with Crippen LogP contribution in [0.5, 0.6) is 17.4 Å². The lowest BCUT2D eigenvalue weighted by Gasteiger charge is -2.10. The fourth-order valence-electron chi connectivity index (χ4n) is 3.03. The molecule has 0 bridgehead atoms. The standard InChI is InChI=1S/C23H22ClN5O4/c1-15-3-8-18(24)19(13-15)33-14-21(30)25-11-12-32-22-10-9-20-26-27-23(29(20)28-22)16-4-6-17(31-2)7-5-16/h3-10,13H,11-12,14H2,1-2H3,(H,25,30). The zero-order valence-corrected chi connectivity index (χ0v) is 18.9. The third kappa shape index (κ3) is 5.50. The summed E-state index contributed by atoms with van der Waals surface area (Å²) in [6.07, 6.45) is 0. The molecular formula is C23H22ClN5O4. The molecule has 1 amide bonds. The van der Waals surface area contributed by atoms with E-state index in [0.29, 0.717) is 28.1 Å². The largest absolute Gasteiger partial charge is 0.497 e. The van der Waals surface area contributed by atoms with Crippen molar-refractivity contribution in [1.82, 2.24) is 25.1 Å². The average Bonchev–Trinajstić information content (AvgIpc) is 3.26. The van der Waals surface area contributed by atoms with Crippen LogP contribution in [0.1, 0.15) is 5.56 Å². The lowest BCUT2D eigenvalue weighted by molar-refractivity contribution is -0.123. The number of aryl methyl sites for hydroxylation is 1. The van der Waals surface area contributed by atoms with E-state index in [-0.39, 0.29) is 25.7 Å². The third-order valence-corrected chi connectivity index (χ3v) is 5.02. The van der Waals surface area contributed by atoms with Gasteiger partial charge in [0.05, 0.1) is 18.7 Å². The second kappa shape index (κ2) is 10.2. The molecule has 33 heavy (non-hydrogen) atoms. The smallest absolute Gasteiger partial charge is 0.258 e. The number of carbonyl (C=O) groups is 1. The summed E-state index contributed by atoms with van der Waals surface area (Å²) in [5.74, 6) is 1.91. The second-order valence-corrected chi connectivity index (χ2v) is 7.52. The fourth-order valence-corrected chi connectivity index (χ4v) is 3.20. The summed E-state index contributed by atoms with van der Waals surface area (Å²) in [5, 5.41) is 16.0. The molecule has 0 saturated carbocycles. The summed E-state index contributed by atoms with van der Waals surface area (Å²) in [5.41, 5.74) is 2.43. The molecule has 0 unspecified atom stereocenters. The van der Waals surface area contributed by atoms with Crippen LogP contribution < -0.4 is 19.5 Å². The molecule has 9 nitrogen and oxygen atoms in total. The number of nitrogens with zero attached hydrogens (tertiary/aromatic N) is 4. The van der Waals surface area contributed by atoms with Gasteiger partial charge in [0.15, 0.2) is 18.1 Å². The first-order valence-electron chi connectivity index (χ1n) is 10.2. The lowest BCUT2D eigenvalue weighted by atomic mass is 10.2. The Morgan fingerprint density at radius 2 is 1.88 bits per heavy atom. The minimum atomic E-state index is -0.278. The van der Waals surface area contributed by atoms with Crippen molar-refractivity contribution in [3.05, 3.63) is 65.2 Å². The number of hydrogen-bond donors (Lipinski definition) is 1. The van der Waals surface area contributed by atoms with Gasteiger partial charge in [-0.3, -0.25) is 4.79 Å². The average molecular weight is 468 g/mol. The van der Waals surface area contributed by atoms with Gasteiger partial charge in [-0.2, -0.15) is 4.52 Å². The van der Waals surface area contributed by atoms with E-state index in [1.165, 1.54) is 0 Å². The van der Waals surface area contributed by atoms with Crippen LogP contribution in [0.3, 0.4) is 0 Å². The van der Waals surface area contributed by atoms with Crippen LogP contribution in [0.15, 0.2) is 54.6 Å². The Hall–Kier alpha value is -3.85. The molecule has 0 atom stereocenters. The Morgan fingerprint density at radius 3 is 2.67 bits per heavy atom. The maximum Gasteiger partial charge on any atom is 0.258 e. The third-order valence-electron chi connectivity index (χ3n) is 4.71. The highest BCUT2D eigenvalue weighted by molar-refractivity contribution is 6.32. The number of benzene rings is 2. The Balaban J connectivity index is 1.30. The van der Waals surface area contributed by atoms with Gasteiger partial charge in [0, 0.05) is 11.6 Å². The van der Waals surface area contributed by atoms with E-state index in [2.05, 4.69) is 20.6 Å². The number of amides is 1. The summed E-state index contributed by atoms with van der Waals surface area (Å²) < 4.78 is 18.0. The predicted octanol–water partition coefficient (Wildman–Crippen LogP) is 3.34. The van der Waals surface area contributed by atoms with Crippen molar-refractivity contribution in [3.8, 4) is 28.8 Å². The summed E-state index contributed by atoms with van der Waals surface area (Å²) in [6, 6.07) is 16.3. The molecule has 2 heterocycles. The van der Waals surface area contributed by atoms with Gasteiger partial charge in [0.2, 0.25) is 5.88 Å². The molecule has 0 aliphatic rings. The highest BCUT2D eigenvalue weighted by Crippen LogP contribution is 2.25. The molecule has 2 aromatic heterocycles. The van der Waals surface area contributed by atoms with Crippen molar-refractivity contribution >= 4 is 23.2 Å². The monoisotopic (exact) mass is 467 g/mol. The fraction of sp³-hybridized carbons (Fsp3) is 0.217. The highest BCUT2D eigenvalue weighted by Gasteiger charge is 2.11. The van der Waals surface area contributed by atoms with E-state index < -0.39 is 0 Å². The number of methoxy groups -OCH3 is 1. The molecule has 0 aliphatic carbocycles. The molecule has 4 rings (SSSR count). The minimum Gasteiger partial charge on any atom is -0.497 e. The van der Waals surface area contributed by atoms with Gasteiger partial charge in [-0.1, -0.05) is 17.7 Å². The highest BCUT2D eigenvalue weighted by atomic mass is 35.5. The molecule has 0 radical (unpaired) electrons. The van der Waals surface area contributed by atoms with Crippen molar-refractivity contribution < 1.29 is 19.0 Å². The molecule has 0 aliphatic heterocycles. The molecule has 170 valence electrons. The van der Waals surface area contributed by atoms with E-state index in [4.69, 9.17) is 25.8 Å². The summed E-state index contributed by atoms with van der Waals surface area (Å²) >= 11 is 6.07. The van der Waals surface area contributed by atoms with Crippen molar-refractivity contribution in [3.63, 3.8) is 0 Å². The van der Waals surface area contributed by atoms with Gasteiger partial charge in [-0.25, -0.2) is 0 Å². The number of carbonyl (C=O) groups excluding carboxylic acids is 1. The number of ether oxygens (including phenoxy) is 3. The van der Waals surface area contributed by atoms with Crippen LogP contribution in [0.4, 0.5) is 0 Å². The number of halogens is 1. The maximum absolute atomic E-state index is 12.0. The normalized spacial score (nSPS) is 10.8. The quantitative estimate of drug-likeness (QED) is 0.377. The Morgan fingerprint density at radius 1 is 1.06 bits per heavy atom. The summed E-state index contributed by atoms with van der Waals surface area (Å²) in [4.78, 5) is 12.0. The summed E-state index contributed by atoms with van der Waals surface area (Å²) in [7, 11) is 1.61. The van der Waals surface area contributed by atoms with Gasteiger partial charge in [-0.15, -0.1) is 15.3 Å². The van der Waals surface area contributed by atoms with Crippen LogP contribution >= 0.6 is 11.6 Å². The SMILES string of the molecule is COc1ccc(-c2nnc3ccc(OCCNC(=O)COc4cc(C)ccc4Cl)nn23)cc1. The number of nitrogens with one attached hydrogen (secondary N) is 1. The molecule has 4 aromatic rings. The molecule has 2 aromatic carbocycles. The second-order valence-electron chi connectivity index (χ2n) is 7.11. The van der Waals surface area contributed by atoms with E-state index in [1.54, 1.807) is 35.9 Å². The van der Waals surface area contributed by atoms with Gasteiger partial charge < -0.3 is 19.5 Å². The van der Waals surface area contributed by atoms with Crippen LogP contribution in [0, 0.1) is 6.92 Å². The Labute approximate surface area is 195 Å². The molecule has 0 saturated heterocycles. The first kappa shape index (κ1) is 22.3. The summed E-state index contributed by atoms with van der Waals surface area (Å²) in [6.45, 7) is 2.30. The predicted molar refractivity (Wildman–Crippen MR) is 123 cm³/mol. The Bertz CT molecular complexity index is 1260. The van der Waals surface area contributed by atoms with Crippen LogP contribution in [0.2, 0.25) is 5.02 Å². The van der Waals surface area contributed by atoms with Gasteiger partial charge in [0.1, 0.15) is 18.1 Å². The van der Waals surface area contributed by atoms with E-state index in [1.807, 2.05) is 37.3 Å². The number of rotatable bonds is 9. The molecule has 0 fully saturated rings. The van der Waals surface area contributed by atoms with Crippen LogP contribution in [-0.2, 0) is 4.79 Å². The van der Waals surface area contributed by atoms with E-state index >= 15 is 0 Å². The number of hydrogen-bond acceptors (Lipinski definition) is 7. The zero-order valence-electron chi connectivity index (χ0n) is 18.1. The van der Waals surface area contributed by atoms with Crippen LogP contribution in [0.25, 0.3) is 17.0 Å². The Kier molecular flexibility index (Phi) is 6.89. The van der Waals surface area contributed by atoms with Crippen molar-refractivity contribution in [2.24, 2.45) is 0 Å². The zero-order chi connectivity index (χ0) is 23.2. The van der Waals surface area contributed by atoms with Gasteiger partial charge in [-0.05, 0) is 55.0 Å². The molecule has 10 heteroatoms. The molecule has 1 N–H and O–H groups in total. The van der Waals surface area contributed by atoms with Crippen molar-refractivity contribution in [2.45, 2.75) is 6.92 Å². The first-order chi connectivity index (χ1) is 16.0. The van der Waals surface area contributed by atoms with E-state index in [9.17, 15) is 4.79 Å². The van der Waals surface area contributed by atoms with E-state index in [0.717, 1.165) is 16.9 Å². The number of aromatic nitrogens is 4. The number of fused-ring (bicyclic) bond motifs is 1. The first-order valence-corrected chi connectivity index (χ1v) is 10.6. The topological polar surface area (TPSA) is 99.9 Å². The maximum atomic E-state index is 12.0. The van der Waals surface area contributed by atoms with Crippen LogP contribution in [-0.4, -0.2) is 52.6 Å². The van der Waals surface area contributed by atoms with Gasteiger partial charge >= 0.3 is 0 Å². The lowest BCUT2D eigenvalue weighted by Crippen LogP contribution is -2.32. The molecule has 0 spiro atoms. The van der Waals surface area contributed by atoms with Crippen molar-refractivity contribution in [2.75, 3.05) is 26.9 Å². The minimum absolute atomic E-state index is 0.140.